The van der Waals surface area contributed by atoms with Crippen molar-refractivity contribution in [3.63, 3.8) is 0 Å². The molecule has 1 aromatic rings. The van der Waals surface area contributed by atoms with Gasteiger partial charge in [0.2, 0.25) is 0 Å². The van der Waals surface area contributed by atoms with Crippen molar-refractivity contribution in [3.05, 3.63) is 12.2 Å². The summed E-state index contributed by atoms with van der Waals surface area (Å²) >= 11 is 0. The zero-order chi connectivity index (χ0) is 12.5. The second-order valence-corrected chi connectivity index (χ2v) is 3.97. The number of aromatic nitrogens is 3. The first-order valence-corrected chi connectivity index (χ1v) is 6.01. The molecule has 1 heterocycles. The topological polar surface area (TPSA) is 63.4 Å². The highest BCUT2D eigenvalue weighted by Crippen LogP contribution is 2.00. The SMILES string of the molecule is CCCn1ncnc1CN(C)CCOCCO. The van der Waals surface area contributed by atoms with Crippen LogP contribution in [0.1, 0.15) is 19.2 Å². The Labute approximate surface area is 102 Å². The molecular weight excluding hydrogens is 220 g/mol. The van der Waals surface area contributed by atoms with Gasteiger partial charge in [0, 0.05) is 13.1 Å². The normalized spacial score (nSPS) is 11.3. The number of ether oxygens (including phenoxy) is 1. The van der Waals surface area contributed by atoms with Crippen molar-refractivity contribution in [1.82, 2.24) is 19.7 Å². The second-order valence-electron chi connectivity index (χ2n) is 3.97. The molecule has 0 aromatic carbocycles. The Balaban J connectivity index is 2.29. The molecule has 0 aliphatic carbocycles. The summed E-state index contributed by atoms with van der Waals surface area (Å²) < 4.78 is 7.15. The van der Waals surface area contributed by atoms with Crippen molar-refractivity contribution in [1.29, 1.82) is 0 Å². The molecule has 1 rings (SSSR count). The van der Waals surface area contributed by atoms with E-state index < -0.39 is 0 Å². The van der Waals surface area contributed by atoms with Gasteiger partial charge < -0.3 is 9.84 Å². The summed E-state index contributed by atoms with van der Waals surface area (Å²) in [6, 6.07) is 0. The summed E-state index contributed by atoms with van der Waals surface area (Å²) in [5, 5.41) is 12.8. The Bertz CT molecular complexity index is 303. The van der Waals surface area contributed by atoms with Crippen LogP contribution in [0.4, 0.5) is 0 Å². The molecule has 0 saturated heterocycles. The molecule has 0 aliphatic rings. The Hall–Kier alpha value is -0.980. The van der Waals surface area contributed by atoms with E-state index >= 15 is 0 Å². The van der Waals surface area contributed by atoms with Crippen LogP contribution in [0.2, 0.25) is 0 Å². The second kappa shape index (κ2) is 8.16. The first-order chi connectivity index (χ1) is 8.27. The minimum Gasteiger partial charge on any atom is -0.394 e. The van der Waals surface area contributed by atoms with Gasteiger partial charge in [-0.2, -0.15) is 5.10 Å². The first kappa shape index (κ1) is 14.1. The van der Waals surface area contributed by atoms with Crippen LogP contribution in [0.5, 0.6) is 0 Å². The molecule has 17 heavy (non-hydrogen) atoms. The van der Waals surface area contributed by atoms with Crippen LogP contribution in [0.15, 0.2) is 6.33 Å². The van der Waals surface area contributed by atoms with Gasteiger partial charge in [0.15, 0.2) is 0 Å². The molecule has 0 fully saturated rings. The van der Waals surface area contributed by atoms with Crippen molar-refractivity contribution in [3.8, 4) is 0 Å². The molecule has 0 radical (unpaired) electrons. The molecule has 0 atom stereocenters. The van der Waals surface area contributed by atoms with Crippen LogP contribution in [-0.4, -0.2) is 58.2 Å². The third kappa shape index (κ3) is 5.25. The van der Waals surface area contributed by atoms with Gasteiger partial charge >= 0.3 is 0 Å². The first-order valence-electron chi connectivity index (χ1n) is 6.01. The molecule has 6 heteroatoms. The number of hydrogen-bond donors (Lipinski definition) is 1. The lowest BCUT2D eigenvalue weighted by Crippen LogP contribution is -2.25. The van der Waals surface area contributed by atoms with E-state index in [1.807, 2.05) is 11.7 Å². The molecule has 1 aromatic heterocycles. The van der Waals surface area contributed by atoms with Crippen molar-refractivity contribution in [2.24, 2.45) is 0 Å². The molecule has 0 amide bonds. The average molecular weight is 242 g/mol. The molecule has 0 unspecified atom stereocenters. The molecule has 0 bridgehead atoms. The van der Waals surface area contributed by atoms with Crippen LogP contribution in [-0.2, 0) is 17.8 Å². The van der Waals surface area contributed by atoms with Crippen LogP contribution >= 0.6 is 0 Å². The third-order valence-electron chi connectivity index (χ3n) is 2.40. The molecule has 0 spiro atoms. The quantitative estimate of drug-likeness (QED) is 0.624. The maximum absolute atomic E-state index is 8.57. The maximum atomic E-state index is 8.57. The molecule has 1 N–H and O–H groups in total. The third-order valence-corrected chi connectivity index (χ3v) is 2.40. The van der Waals surface area contributed by atoms with Crippen LogP contribution in [0.25, 0.3) is 0 Å². The zero-order valence-electron chi connectivity index (χ0n) is 10.7. The summed E-state index contributed by atoms with van der Waals surface area (Å²) in [6.07, 6.45) is 2.65. The highest BCUT2D eigenvalue weighted by Gasteiger charge is 2.06. The van der Waals surface area contributed by atoms with Crippen molar-refractivity contribution in [2.75, 3.05) is 33.4 Å². The summed E-state index contributed by atoms with van der Waals surface area (Å²) in [7, 11) is 2.02. The maximum Gasteiger partial charge on any atom is 0.140 e. The average Bonchev–Trinajstić information content (AvgIpc) is 2.73. The van der Waals surface area contributed by atoms with Gasteiger partial charge in [0.1, 0.15) is 12.2 Å². The Morgan fingerprint density at radius 1 is 1.47 bits per heavy atom. The Morgan fingerprint density at radius 3 is 3.00 bits per heavy atom. The summed E-state index contributed by atoms with van der Waals surface area (Å²) in [5.41, 5.74) is 0. The van der Waals surface area contributed by atoms with E-state index in [9.17, 15) is 0 Å². The minimum atomic E-state index is 0.0779. The number of aryl methyl sites for hydroxylation is 1. The van der Waals surface area contributed by atoms with Gasteiger partial charge in [0.25, 0.3) is 0 Å². The number of hydrogen-bond acceptors (Lipinski definition) is 5. The number of aliphatic hydroxyl groups excluding tert-OH is 1. The van der Waals surface area contributed by atoms with E-state index in [-0.39, 0.29) is 6.61 Å². The lowest BCUT2D eigenvalue weighted by atomic mass is 10.4. The van der Waals surface area contributed by atoms with Gasteiger partial charge in [-0.15, -0.1) is 0 Å². The van der Waals surface area contributed by atoms with Crippen LogP contribution < -0.4 is 0 Å². The van der Waals surface area contributed by atoms with E-state index in [0.29, 0.717) is 13.2 Å². The number of likely N-dealkylation sites (N-methyl/N-ethyl adjacent to an activating group) is 1. The van der Waals surface area contributed by atoms with E-state index in [4.69, 9.17) is 9.84 Å². The smallest absolute Gasteiger partial charge is 0.140 e. The van der Waals surface area contributed by atoms with E-state index in [2.05, 4.69) is 21.9 Å². The summed E-state index contributed by atoms with van der Waals surface area (Å²) in [5.74, 6) is 0.983. The predicted molar refractivity (Wildman–Crippen MR) is 64.6 cm³/mol. The minimum absolute atomic E-state index is 0.0779. The van der Waals surface area contributed by atoms with Gasteiger partial charge in [0.05, 0.1) is 26.4 Å². The lowest BCUT2D eigenvalue weighted by Gasteiger charge is -2.16. The van der Waals surface area contributed by atoms with E-state index in [1.165, 1.54) is 0 Å². The molecular formula is C11H22N4O2. The molecule has 98 valence electrons. The van der Waals surface area contributed by atoms with E-state index in [1.54, 1.807) is 6.33 Å². The van der Waals surface area contributed by atoms with Crippen LogP contribution in [0, 0.1) is 0 Å². The predicted octanol–water partition coefficient (Wildman–Crippen LogP) is 0.129. The Morgan fingerprint density at radius 2 is 2.29 bits per heavy atom. The standard InChI is InChI=1S/C11H22N4O2/c1-3-4-15-11(12-10-13-15)9-14(2)5-7-17-8-6-16/h10,16H,3-9H2,1-2H3. The van der Waals surface area contributed by atoms with Crippen molar-refractivity contribution < 1.29 is 9.84 Å². The fraction of sp³-hybridized carbons (Fsp3) is 0.818. The van der Waals surface area contributed by atoms with Crippen molar-refractivity contribution >= 4 is 0 Å². The molecule has 6 nitrogen and oxygen atoms in total. The number of rotatable bonds is 9. The molecule has 0 saturated carbocycles. The van der Waals surface area contributed by atoms with E-state index in [0.717, 1.165) is 31.9 Å². The monoisotopic (exact) mass is 242 g/mol. The highest BCUT2D eigenvalue weighted by atomic mass is 16.5. The fourth-order valence-electron chi connectivity index (χ4n) is 1.52. The highest BCUT2D eigenvalue weighted by molar-refractivity contribution is 4.83. The summed E-state index contributed by atoms with van der Waals surface area (Å²) in [4.78, 5) is 6.38. The Kier molecular flexibility index (Phi) is 6.76. The summed E-state index contributed by atoms with van der Waals surface area (Å²) in [6.45, 7) is 5.72. The van der Waals surface area contributed by atoms with Gasteiger partial charge in [-0.3, -0.25) is 4.90 Å². The van der Waals surface area contributed by atoms with Crippen molar-refractivity contribution in [2.45, 2.75) is 26.4 Å². The zero-order valence-corrected chi connectivity index (χ0v) is 10.7. The molecule has 0 aliphatic heterocycles. The lowest BCUT2D eigenvalue weighted by molar-refractivity contribution is 0.0766. The fourth-order valence-corrected chi connectivity index (χ4v) is 1.52. The largest absolute Gasteiger partial charge is 0.394 e. The number of nitrogens with zero attached hydrogens (tertiary/aromatic N) is 4. The van der Waals surface area contributed by atoms with Gasteiger partial charge in [-0.25, -0.2) is 9.67 Å². The van der Waals surface area contributed by atoms with Crippen LogP contribution in [0.3, 0.4) is 0 Å². The number of aliphatic hydroxyl groups is 1. The van der Waals surface area contributed by atoms with Gasteiger partial charge in [-0.05, 0) is 13.5 Å². The van der Waals surface area contributed by atoms with Gasteiger partial charge in [-0.1, -0.05) is 6.92 Å².